The lowest BCUT2D eigenvalue weighted by Gasteiger charge is -2.16. The largest absolute Gasteiger partial charge is 0.453 e. The molecule has 1 aromatic heterocycles. The van der Waals surface area contributed by atoms with Crippen LogP contribution in [0.3, 0.4) is 0 Å². The fourth-order valence-corrected chi connectivity index (χ4v) is 3.48. The number of rotatable bonds is 7. The Balaban J connectivity index is 1.34. The van der Waals surface area contributed by atoms with Crippen molar-refractivity contribution in [3.63, 3.8) is 0 Å². The number of fused-ring (bicyclic) bond motifs is 1. The first-order valence-corrected chi connectivity index (χ1v) is 10.6. The number of ether oxygens (including phenoxy) is 1. The van der Waals surface area contributed by atoms with Crippen LogP contribution in [0.15, 0.2) is 91.0 Å². The first-order chi connectivity index (χ1) is 15.6. The summed E-state index contributed by atoms with van der Waals surface area (Å²) in [5.74, 6) is -0.801. The Morgan fingerprint density at radius 1 is 0.875 bits per heavy atom. The van der Waals surface area contributed by atoms with Crippen molar-refractivity contribution in [3.05, 3.63) is 96.7 Å². The van der Waals surface area contributed by atoms with Crippen molar-refractivity contribution < 1.29 is 14.3 Å². The number of anilines is 1. The third-order valence-corrected chi connectivity index (χ3v) is 5.19. The standard InChI is InChI=1S/C27H24N2O3/c1-19(27(31)29-25-14-8-6-12-23(25)20-9-3-2-4-10-20)32-26(30)18-17-22-16-15-21-11-5-7-13-24(21)28-22/h2-16,19H,17-18H2,1H3,(H,29,31). The maximum atomic E-state index is 12.7. The minimum Gasteiger partial charge on any atom is -0.453 e. The van der Waals surface area contributed by atoms with Crippen molar-refractivity contribution in [1.82, 2.24) is 4.98 Å². The van der Waals surface area contributed by atoms with E-state index in [1.807, 2.05) is 91.0 Å². The predicted octanol–water partition coefficient (Wildman–Crippen LogP) is 5.40. The molecule has 4 rings (SSSR count). The molecule has 0 aliphatic carbocycles. The van der Waals surface area contributed by atoms with Crippen LogP contribution in [0.1, 0.15) is 19.0 Å². The van der Waals surface area contributed by atoms with Crippen LogP contribution in [0, 0.1) is 0 Å². The quantitative estimate of drug-likeness (QED) is 0.403. The van der Waals surface area contributed by atoms with Crippen molar-refractivity contribution in [3.8, 4) is 11.1 Å². The third kappa shape index (κ3) is 5.19. The van der Waals surface area contributed by atoms with E-state index in [0.29, 0.717) is 12.1 Å². The van der Waals surface area contributed by atoms with Crippen molar-refractivity contribution >= 4 is 28.5 Å². The van der Waals surface area contributed by atoms with E-state index in [4.69, 9.17) is 4.74 Å². The number of aromatic nitrogens is 1. The first kappa shape index (κ1) is 21.2. The molecule has 160 valence electrons. The highest BCUT2D eigenvalue weighted by atomic mass is 16.5. The third-order valence-electron chi connectivity index (χ3n) is 5.19. The smallest absolute Gasteiger partial charge is 0.306 e. The van der Waals surface area contributed by atoms with Gasteiger partial charge in [-0.1, -0.05) is 72.8 Å². The zero-order valence-corrected chi connectivity index (χ0v) is 17.8. The molecule has 0 saturated carbocycles. The number of nitrogens with one attached hydrogen (secondary N) is 1. The van der Waals surface area contributed by atoms with E-state index in [-0.39, 0.29) is 12.3 Å². The lowest BCUT2D eigenvalue weighted by Crippen LogP contribution is -2.30. The lowest BCUT2D eigenvalue weighted by atomic mass is 10.0. The van der Waals surface area contributed by atoms with Crippen molar-refractivity contribution in [2.24, 2.45) is 0 Å². The van der Waals surface area contributed by atoms with Crippen molar-refractivity contribution in [1.29, 1.82) is 0 Å². The van der Waals surface area contributed by atoms with Crippen LogP contribution in [-0.4, -0.2) is 23.0 Å². The minimum atomic E-state index is -0.907. The Kier molecular flexibility index (Phi) is 6.56. The molecule has 3 aromatic carbocycles. The molecule has 1 heterocycles. The van der Waals surface area contributed by atoms with Crippen LogP contribution in [0.4, 0.5) is 5.69 Å². The van der Waals surface area contributed by atoms with Crippen LogP contribution in [0.5, 0.6) is 0 Å². The van der Waals surface area contributed by atoms with E-state index in [1.54, 1.807) is 6.92 Å². The van der Waals surface area contributed by atoms with Gasteiger partial charge < -0.3 is 10.1 Å². The summed E-state index contributed by atoms with van der Waals surface area (Å²) in [7, 11) is 0. The molecule has 0 saturated heterocycles. The molecule has 32 heavy (non-hydrogen) atoms. The minimum absolute atomic E-state index is 0.156. The van der Waals surface area contributed by atoms with Gasteiger partial charge in [0.1, 0.15) is 0 Å². The summed E-state index contributed by atoms with van der Waals surface area (Å²) in [5, 5.41) is 3.94. The van der Waals surface area contributed by atoms with Crippen LogP contribution < -0.4 is 5.32 Å². The SMILES string of the molecule is CC(OC(=O)CCc1ccc2ccccc2n1)C(=O)Nc1ccccc1-c1ccccc1. The molecular weight excluding hydrogens is 400 g/mol. The van der Waals surface area contributed by atoms with Crippen LogP contribution >= 0.6 is 0 Å². The molecule has 0 fully saturated rings. The summed E-state index contributed by atoms with van der Waals surface area (Å²) >= 11 is 0. The molecule has 0 aliphatic rings. The molecule has 1 unspecified atom stereocenters. The number of carbonyl (C=O) groups is 2. The molecule has 0 bridgehead atoms. The molecule has 5 nitrogen and oxygen atoms in total. The number of amides is 1. The first-order valence-electron chi connectivity index (χ1n) is 10.6. The van der Waals surface area contributed by atoms with E-state index >= 15 is 0 Å². The molecular formula is C27H24N2O3. The fraction of sp³-hybridized carbons (Fsp3) is 0.148. The van der Waals surface area contributed by atoms with Crippen LogP contribution in [-0.2, 0) is 20.7 Å². The maximum Gasteiger partial charge on any atom is 0.306 e. The van der Waals surface area contributed by atoms with Gasteiger partial charge in [-0.05, 0) is 30.7 Å². The zero-order valence-electron chi connectivity index (χ0n) is 17.8. The van der Waals surface area contributed by atoms with Gasteiger partial charge in [0.15, 0.2) is 6.10 Å². The lowest BCUT2D eigenvalue weighted by molar-refractivity contribution is -0.153. The van der Waals surface area contributed by atoms with Gasteiger partial charge in [0.25, 0.3) is 5.91 Å². The number of hydrogen-bond donors (Lipinski definition) is 1. The Morgan fingerprint density at radius 3 is 2.44 bits per heavy atom. The van der Waals surface area contributed by atoms with Gasteiger partial charge >= 0.3 is 5.97 Å². The molecule has 0 radical (unpaired) electrons. The normalized spacial score (nSPS) is 11.7. The molecule has 0 spiro atoms. The summed E-state index contributed by atoms with van der Waals surface area (Å²) in [5.41, 5.74) is 4.28. The number of benzene rings is 3. The van der Waals surface area contributed by atoms with Gasteiger partial charge in [-0.3, -0.25) is 14.6 Å². The maximum absolute atomic E-state index is 12.7. The van der Waals surface area contributed by atoms with E-state index in [9.17, 15) is 9.59 Å². The highest BCUT2D eigenvalue weighted by Crippen LogP contribution is 2.27. The number of carbonyl (C=O) groups excluding carboxylic acids is 2. The number of hydrogen-bond acceptors (Lipinski definition) is 4. The summed E-state index contributed by atoms with van der Waals surface area (Å²) in [4.78, 5) is 29.5. The molecule has 1 N–H and O–H groups in total. The highest BCUT2D eigenvalue weighted by Gasteiger charge is 2.19. The Hall–Kier alpha value is -3.99. The average molecular weight is 425 g/mol. The fourth-order valence-electron chi connectivity index (χ4n) is 3.48. The average Bonchev–Trinajstić information content (AvgIpc) is 2.83. The van der Waals surface area contributed by atoms with Gasteiger partial charge in [-0.2, -0.15) is 0 Å². The van der Waals surface area contributed by atoms with Gasteiger partial charge in [0.05, 0.1) is 11.9 Å². The number of esters is 1. The number of aryl methyl sites for hydroxylation is 1. The number of para-hydroxylation sites is 2. The Morgan fingerprint density at radius 2 is 1.59 bits per heavy atom. The monoisotopic (exact) mass is 424 g/mol. The topological polar surface area (TPSA) is 68.3 Å². The summed E-state index contributed by atoms with van der Waals surface area (Å²) < 4.78 is 5.36. The molecule has 1 amide bonds. The van der Waals surface area contributed by atoms with Gasteiger partial charge in [0.2, 0.25) is 0 Å². The van der Waals surface area contributed by atoms with E-state index in [0.717, 1.165) is 27.7 Å². The second kappa shape index (κ2) is 9.88. The molecule has 0 aliphatic heterocycles. The van der Waals surface area contributed by atoms with E-state index in [1.165, 1.54) is 0 Å². The number of nitrogens with zero attached hydrogens (tertiary/aromatic N) is 1. The zero-order chi connectivity index (χ0) is 22.3. The van der Waals surface area contributed by atoms with Gasteiger partial charge in [-0.25, -0.2) is 0 Å². The van der Waals surface area contributed by atoms with Gasteiger partial charge in [-0.15, -0.1) is 0 Å². The van der Waals surface area contributed by atoms with Crippen molar-refractivity contribution in [2.45, 2.75) is 25.9 Å². The summed E-state index contributed by atoms with van der Waals surface area (Å²) in [6.07, 6.45) is -0.297. The molecule has 5 heteroatoms. The Labute approximate surface area is 187 Å². The second-order valence-electron chi connectivity index (χ2n) is 7.53. The molecule has 4 aromatic rings. The Bertz CT molecular complexity index is 1240. The van der Waals surface area contributed by atoms with E-state index < -0.39 is 12.1 Å². The van der Waals surface area contributed by atoms with Gasteiger partial charge in [0, 0.05) is 28.8 Å². The predicted molar refractivity (Wildman–Crippen MR) is 126 cm³/mol. The second-order valence-corrected chi connectivity index (χ2v) is 7.53. The molecule has 1 atom stereocenters. The van der Waals surface area contributed by atoms with E-state index in [2.05, 4.69) is 10.3 Å². The summed E-state index contributed by atoms with van der Waals surface area (Å²) in [6, 6.07) is 29.1. The van der Waals surface area contributed by atoms with Crippen LogP contribution in [0.2, 0.25) is 0 Å². The van der Waals surface area contributed by atoms with Crippen molar-refractivity contribution in [2.75, 3.05) is 5.32 Å². The number of pyridine rings is 1. The highest BCUT2D eigenvalue weighted by molar-refractivity contribution is 5.98. The van der Waals surface area contributed by atoms with Crippen LogP contribution in [0.25, 0.3) is 22.0 Å². The summed E-state index contributed by atoms with van der Waals surface area (Å²) in [6.45, 7) is 1.58.